The fraction of sp³-hybridized carbons (Fsp3) is 0.444. The van der Waals surface area contributed by atoms with Crippen LogP contribution in [0.5, 0.6) is 0 Å². The predicted octanol–water partition coefficient (Wildman–Crippen LogP) is 3.56. The molecule has 0 aromatic carbocycles. The van der Waals surface area contributed by atoms with Crippen molar-refractivity contribution in [3.8, 4) is 0 Å². The van der Waals surface area contributed by atoms with E-state index in [-0.39, 0.29) is 11.8 Å². The predicted molar refractivity (Wildman–Crippen MR) is 86.1 cm³/mol. The lowest BCUT2D eigenvalue weighted by Crippen LogP contribution is -2.26. The normalized spacial score (nSPS) is 21.4. The summed E-state index contributed by atoms with van der Waals surface area (Å²) in [5.74, 6) is 1.02. The summed E-state index contributed by atoms with van der Waals surface area (Å²) in [6.45, 7) is 10.3. The third-order valence-corrected chi connectivity index (χ3v) is 4.03. The van der Waals surface area contributed by atoms with Crippen molar-refractivity contribution in [3.63, 3.8) is 0 Å². The molecule has 1 N–H and O–H groups in total. The molecule has 1 aromatic rings. The number of rotatable bonds is 8. The first-order chi connectivity index (χ1) is 10.2. The third-order valence-electron chi connectivity index (χ3n) is 4.03. The molecular formula is C18H24N2O. The zero-order chi connectivity index (χ0) is 15.2. The molecule has 1 amide bonds. The Morgan fingerprint density at radius 1 is 1.52 bits per heavy atom. The van der Waals surface area contributed by atoms with Gasteiger partial charge in [-0.25, -0.2) is 0 Å². The number of pyridine rings is 1. The SMILES string of the molecule is C=CCCNC(=O)[C@H]1C[C@H]1c1ccnc([C@@H](C)CC=C)c1. The van der Waals surface area contributed by atoms with Crippen LogP contribution >= 0.6 is 0 Å². The van der Waals surface area contributed by atoms with E-state index in [2.05, 4.69) is 36.4 Å². The van der Waals surface area contributed by atoms with Gasteiger partial charge in [-0.05, 0) is 42.9 Å². The zero-order valence-electron chi connectivity index (χ0n) is 12.7. The molecule has 0 unspecified atom stereocenters. The summed E-state index contributed by atoms with van der Waals surface area (Å²) in [5, 5.41) is 2.96. The van der Waals surface area contributed by atoms with Crippen molar-refractivity contribution in [2.45, 2.75) is 38.0 Å². The number of aromatic nitrogens is 1. The van der Waals surface area contributed by atoms with E-state index in [0.717, 1.165) is 25.0 Å². The molecule has 3 atom stereocenters. The smallest absolute Gasteiger partial charge is 0.223 e. The van der Waals surface area contributed by atoms with E-state index in [1.165, 1.54) is 5.56 Å². The van der Waals surface area contributed by atoms with Crippen molar-refractivity contribution in [1.82, 2.24) is 10.3 Å². The maximum atomic E-state index is 12.0. The number of nitrogens with zero attached hydrogens (tertiary/aromatic N) is 1. The third kappa shape index (κ3) is 4.03. The van der Waals surface area contributed by atoms with Gasteiger partial charge in [0.2, 0.25) is 5.91 Å². The second-order valence-corrected chi connectivity index (χ2v) is 5.76. The average Bonchev–Trinajstić information content (AvgIpc) is 3.28. The molecule has 1 aromatic heterocycles. The Bertz CT molecular complexity index is 524. The molecule has 1 aliphatic carbocycles. The van der Waals surface area contributed by atoms with E-state index in [0.29, 0.717) is 18.4 Å². The maximum absolute atomic E-state index is 12.0. The fourth-order valence-electron chi connectivity index (χ4n) is 2.62. The first-order valence-corrected chi connectivity index (χ1v) is 7.62. The van der Waals surface area contributed by atoms with Gasteiger partial charge < -0.3 is 5.32 Å². The summed E-state index contributed by atoms with van der Waals surface area (Å²) >= 11 is 0. The first-order valence-electron chi connectivity index (χ1n) is 7.62. The van der Waals surface area contributed by atoms with E-state index in [1.54, 1.807) is 0 Å². The van der Waals surface area contributed by atoms with E-state index in [4.69, 9.17) is 0 Å². The molecule has 2 rings (SSSR count). The van der Waals surface area contributed by atoms with Gasteiger partial charge in [0.25, 0.3) is 0 Å². The van der Waals surface area contributed by atoms with Gasteiger partial charge in [-0.1, -0.05) is 19.1 Å². The molecule has 0 spiro atoms. The van der Waals surface area contributed by atoms with Crippen LogP contribution in [0.3, 0.4) is 0 Å². The fourth-order valence-corrected chi connectivity index (χ4v) is 2.62. The number of nitrogens with one attached hydrogen (secondary N) is 1. The van der Waals surface area contributed by atoms with E-state index < -0.39 is 0 Å². The van der Waals surface area contributed by atoms with Gasteiger partial charge in [0.05, 0.1) is 0 Å². The highest BCUT2D eigenvalue weighted by Gasteiger charge is 2.43. The van der Waals surface area contributed by atoms with Crippen molar-refractivity contribution >= 4 is 5.91 Å². The second kappa shape index (κ2) is 7.21. The number of hydrogen-bond acceptors (Lipinski definition) is 2. The number of allylic oxidation sites excluding steroid dienone is 1. The zero-order valence-corrected chi connectivity index (χ0v) is 12.7. The molecule has 1 saturated carbocycles. The monoisotopic (exact) mass is 284 g/mol. The maximum Gasteiger partial charge on any atom is 0.223 e. The molecular weight excluding hydrogens is 260 g/mol. The van der Waals surface area contributed by atoms with Crippen LogP contribution in [-0.4, -0.2) is 17.4 Å². The highest BCUT2D eigenvalue weighted by Crippen LogP contribution is 2.47. The Kier molecular flexibility index (Phi) is 5.32. The van der Waals surface area contributed by atoms with Crippen molar-refractivity contribution in [3.05, 3.63) is 54.9 Å². The first kappa shape index (κ1) is 15.5. The van der Waals surface area contributed by atoms with Crippen molar-refractivity contribution in [1.29, 1.82) is 0 Å². The largest absolute Gasteiger partial charge is 0.356 e. The van der Waals surface area contributed by atoms with Crippen LogP contribution in [0.25, 0.3) is 0 Å². The molecule has 1 fully saturated rings. The molecule has 1 heterocycles. The molecule has 0 aliphatic heterocycles. The lowest BCUT2D eigenvalue weighted by Gasteiger charge is -2.10. The minimum atomic E-state index is 0.125. The van der Waals surface area contributed by atoms with Crippen LogP contribution in [-0.2, 0) is 4.79 Å². The summed E-state index contributed by atoms with van der Waals surface area (Å²) in [5.41, 5.74) is 2.32. The van der Waals surface area contributed by atoms with Gasteiger partial charge in [-0.2, -0.15) is 0 Å². The minimum absolute atomic E-state index is 0.125. The van der Waals surface area contributed by atoms with Gasteiger partial charge in [0.1, 0.15) is 0 Å². The summed E-state index contributed by atoms with van der Waals surface area (Å²) in [7, 11) is 0. The Balaban J connectivity index is 1.95. The van der Waals surface area contributed by atoms with Crippen LogP contribution in [0.4, 0.5) is 0 Å². The van der Waals surface area contributed by atoms with Crippen molar-refractivity contribution < 1.29 is 4.79 Å². The Hall–Kier alpha value is -1.90. The lowest BCUT2D eigenvalue weighted by atomic mass is 10.00. The Morgan fingerprint density at radius 2 is 2.33 bits per heavy atom. The topological polar surface area (TPSA) is 42.0 Å². The van der Waals surface area contributed by atoms with Gasteiger partial charge in [-0.15, -0.1) is 13.2 Å². The van der Waals surface area contributed by atoms with E-state index >= 15 is 0 Å². The summed E-state index contributed by atoms with van der Waals surface area (Å²) < 4.78 is 0. The Labute approximate surface area is 127 Å². The van der Waals surface area contributed by atoms with Gasteiger partial charge in [-0.3, -0.25) is 9.78 Å². The van der Waals surface area contributed by atoms with Crippen molar-refractivity contribution in [2.75, 3.05) is 6.54 Å². The van der Waals surface area contributed by atoms with E-state index in [9.17, 15) is 4.79 Å². The molecule has 3 heteroatoms. The minimum Gasteiger partial charge on any atom is -0.356 e. The molecule has 0 saturated heterocycles. The van der Waals surface area contributed by atoms with Crippen LogP contribution in [0.2, 0.25) is 0 Å². The lowest BCUT2D eigenvalue weighted by molar-refractivity contribution is -0.122. The summed E-state index contributed by atoms with van der Waals surface area (Å²) in [4.78, 5) is 16.5. The van der Waals surface area contributed by atoms with Gasteiger partial charge >= 0.3 is 0 Å². The van der Waals surface area contributed by atoms with Gasteiger partial charge in [0, 0.05) is 30.3 Å². The van der Waals surface area contributed by atoms with Crippen molar-refractivity contribution in [2.24, 2.45) is 5.92 Å². The number of amides is 1. The van der Waals surface area contributed by atoms with Crippen LogP contribution < -0.4 is 5.32 Å². The van der Waals surface area contributed by atoms with Gasteiger partial charge in [0.15, 0.2) is 0 Å². The molecule has 3 nitrogen and oxygen atoms in total. The standard InChI is InChI=1S/C18H24N2O/c1-4-6-9-20-18(21)16-12-15(16)14-8-10-19-17(11-14)13(3)7-5-2/h4-5,8,10-11,13,15-16H,1-2,6-7,9,12H2,3H3,(H,20,21)/t13-,15-,16-/m0/s1. The van der Waals surface area contributed by atoms with Crippen LogP contribution in [0.15, 0.2) is 43.6 Å². The van der Waals surface area contributed by atoms with E-state index in [1.807, 2.05) is 24.4 Å². The summed E-state index contributed by atoms with van der Waals surface area (Å²) in [6.07, 6.45) is 8.29. The Morgan fingerprint density at radius 3 is 3.05 bits per heavy atom. The van der Waals surface area contributed by atoms with Crippen LogP contribution in [0, 0.1) is 5.92 Å². The molecule has 21 heavy (non-hydrogen) atoms. The highest BCUT2D eigenvalue weighted by atomic mass is 16.2. The summed E-state index contributed by atoms with van der Waals surface area (Å²) in [6, 6.07) is 4.18. The number of hydrogen-bond donors (Lipinski definition) is 1. The molecule has 112 valence electrons. The molecule has 1 aliphatic rings. The highest BCUT2D eigenvalue weighted by molar-refractivity contribution is 5.82. The number of carbonyl (C=O) groups is 1. The number of carbonyl (C=O) groups excluding carboxylic acids is 1. The second-order valence-electron chi connectivity index (χ2n) is 5.76. The average molecular weight is 284 g/mol. The molecule has 0 bridgehead atoms. The van der Waals surface area contributed by atoms with Crippen LogP contribution in [0.1, 0.15) is 49.3 Å². The molecule has 0 radical (unpaired) electrons. The quantitative estimate of drug-likeness (QED) is 0.586.